The number of carbonyl (C=O) groups is 1. The Morgan fingerprint density at radius 2 is 1.13 bits per heavy atom. The van der Waals surface area contributed by atoms with Crippen LogP contribution in [0, 0.1) is 5.92 Å². The van der Waals surface area contributed by atoms with Gasteiger partial charge in [0, 0.05) is 19.5 Å². The van der Waals surface area contributed by atoms with Crippen molar-refractivity contribution in [2.45, 2.75) is 24.9 Å². The fraction of sp³-hybridized carbons (Fsp3) is 0.269. The molecule has 1 saturated carbocycles. The van der Waals surface area contributed by atoms with E-state index in [9.17, 15) is 4.79 Å². The maximum Gasteiger partial charge on any atom is 0.264 e. The average Bonchev–Trinajstić information content (AvgIpc) is 3.54. The summed E-state index contributed by atoms with van der Waals surface area (Å²) in [5.41, 5.74) is 0.0217. The van der Waals surface area contributed by atoms with Gasteiger partial charge in [-0.15, -0.1) is 0 Å². The molecule has 1 unspecified atom stereocenters. The van der Waals surface area contributed by atoms with Crippen molar-refractivity contribution in [3.8, 4) is 0 Å². The topological polar surface area (TPSA) is 20.3 Å². The summed E-state index contributed by atoms with van der Waals surface area (Å²) in [5.74, 6) is 1.09. The molecule has 3 aromatic rings. The van der Waals surface area contributed by atoms with Crippen LogP contribution in [0.2, 0.25) is 0 Å². The summed E-state index contributed by atoms with van der Waals surface area (Å²) in [6, 6.07) is 32.4. The van der Waals surface area contributed by atoms with Gasteiger partial charge in [-0.1, -0.05) is 54.6 Å². The predicted octanol–water partition coefficient (Wildman–Crippen LogP) is 0.995. The van der Waals surface area contributed by atoms with Gasteiger partial charge in [-0.25, -0.2) is 0 Å². The molecule has 4 heteroatoms. The van der Waals surface area contributed by atoms with Crippen LogP contribution in [0.5, 0.6) is 0 Å². The Labute approximate surface area is 190 Å². The van der Waals surface area contributed by atoms with Crippen LogP contribution in [0.4, 0.5) is 0 Å². The van der Waals surface area contributed by atoms with E-state index in [1.807, 2.05) is 0 Å². The molecule has 5 rings (SSSR count). The van der Waals surface area contributed by atoms with Gasteiger partial charge in [-0.2, -0.15) is 0 Å². The lowest BCUT2D eigenvalue weighted by Gasteiger charge is -2.32. The van der Waals surface area contributed by atoms with Crippen molar-refractivity contribution in [3.63, 3.8) is 0 Å². The van der Waals surface area contributed by atoms with Crippen LogP contribution < -0.4 is 32.9 Å². The second-order valence-corrected chi connectivity index (χ2v) is 11.9. The van der Waals surface area contributed by atoms with Crippen molar-refractivity contribution in [2.75, 3.05) is 13.1 Å². The Bertz CT molecular complexity index is 879. The minimum Gasteiger partial charge on any atom is -1.00 e. The first-order chi connectivity index (χ1) is 14.3. The third-order valence-corrected chi connectivity index (χ3v) is 11.2. The lowest BCUT2D eigenvalue weighted by molar-refractivity contribution is -0.127. The molecule has 0 aromatic heterocycles. The first kappa shape index (κ1) is 21.3. The molecule has 0 spiro atoms. The van der Waals surface area contributed by atoms with Gasteiger partial charge in [-0.3, -0.25) is 4.79 Å². The van der Waals surface area contributed by atoms with Crippen LogP contribution in [0.15, 0.2) is 91.0 Å². The molecule has 30 heavy (non-hydrogen) atoms. The maximum absolute atomic E-state index is 13.8. The average molecular weight is 480 g/mol. The number of likely N-dealkylation sites (tertiary alicyclic amines) is 1. The van der Waals surface area contributed by atoms with E-state index in [0.717, 1.165) is 25.4 Å². The highest BCUT2D eigenvalue weighted by Gasteiger charge is 2.58. The number of nitrogens with zero attached hydrogens (tertiary/aromatic N) is 1. The molecule has 2 fully saturated rings. The van der Waals surface area contributed by atoms with E-state index in [-0.39, 0.29) is 22.6 Å². The van der Waals surface area contributed by atoms with Gasteiger partial charge in [0.25, 0.3) is 5.91 Å². The van der Waals surface area contributed by atoms with Gasteiger partial charge in [0.1, 0.15) is 23.2 Å². The molecule has 1 aliphatic heterocycles. The van der Waals surface area contributed by atoms with Crippen molar-refractivity contribution < 1.29 is 21.8 Å². The number of hydrogen-bond donors (Lipinski definition) is 0. The lowest BCUT2D eigenvalue weighted by atomic mass is 10.3. The van der Waals surface area contributed by atoms with Gasteiger partial charge in [0.05, 0.1) is 0 Å². The van der Waals surface area contributed by atoms with E-state index in [0.29, 0.717) is 5.91 Å². The summed E-state index contributed by atoms with van der Waals surface area (Å²) >= 11 is 0. The molecule has 154 valence electrons. The fourth-order valence-electron chi connectivity index (χ4n) is 4.85. The minimum atomic E-state index is -2.11. The number of carbonyl (C=O) groups excluding carboxylic acids is 1. The Hall–Kier alpha value is -1.96. The predicted molar refractivity (Wildman–Crippen MR) is 123 cm³/mol. The van der Waals surface area contributed by atoms with E-state index in [4.69, 9.17) is 0 Å². The van der Waals surface area contributed by atoms with Crippen molar-refractivity contribution in [2.24, 2.45) is 5.92 Å². The summed E-state index contributed by atoms with van der Waals surface area (Å²) in [6.07, 6.45) is 3.51. The van der Waals surface area contributed by atoms with Crippen LogP contribution in [-0.2, 0) is 4.79 Å². The van der Waals surface area contributed by atoms with E-state index in [1.165, 1.54) is 28.8 Å². The summed E-state index contributed by atoms with van der Waals surface area (Å²) in [6.45, 7) is 1.85. The van der Waals surface area contributed by atoms with Crippen LogP contribution in [0.1, 0.15) is 19.3 Å². The Morgan fingerprint density at radius 3 is 1.53 bits per heavy atom. The first-order valence-corrected chi connectivity index (χ1v) is 12.5. The van der Waals surface area contributed by atoms with E-state index in [1.54, 1.807) is 0 Å². The van der Waals surface area contributed by atoms with Gasteiger partial charge < -0.3 is 21.9 Å². The smallest absolute Gasteiger partial charge is 0.264 e. The van der Waals surface area contributed by atoms with Gasteiger partial charge in [-0.05, 0) is 55.2 Å². The molecule has 1 atom stereocenters. The second-order valence-electron chi connectivity index (χ2n) is 8.26. The normalized spacial score (nSPS) is 18.9. The van der Waals surface area contributed by atoms with Crippen molar-refractivity contribution in [1.82, 2.24) is 4.90 Å². The summed E-state index contributed by atoms with van der Waals surface area (Å²) < 4.78 is 0. The van der Waals surface area contributed by atoms with Crippen molar-refractivity contribution in [1.29, 1.82) is 0 Å². The van der Waals surface area contributed by atoms with Gasteiger partial charge >= 0.3 is 0 Å². The van der Waals surface area contributed by atoms with Gasteiger partial charge in [0.2, 0.25) is 0 Å². The number of benzene rings is 3. The number of amides is 1. The number of hydrogen-bond acceptors (Lipinski definition) is 1. The number of halogens is 1. The zero-order chi connectivity index (χ0) is 19.7. The third-order valence-electron chi connectivity index (χ3n) is 6.40. The Kier molecular flexibility index (Phi) is 6.41. The maximum atomic E-state index is 13.8. The standard InChI is InChI=1S/C26H27NOP.BrH/c28-26-25(18-19-27(26)20-21-16-17-21)29(22-10-4-1-5-11-22,23-12-6-2-7-13-23)24-14-8-3-9-15-24;/h1-15,21,25H,16-20H2;1H/q+1;/p-1. The monoisotopic (exact) mass is 479 g/mol. The molecule has 3 aromatic carbocycles. The molecular formula is C26H27BrNOP. The highest BCUT2D eigenvalue weighted by Crippen LogP contribution is 2.62. The van der Waals surface area contributed by atoms with Crippen LogP contribution in [-0.4, -0.2) is 29.6 Å². The molecule has 1 amide bonds. The van der Waals surface area contributed by atoms with Crippen molar-refractivity contribution >= 4 is 29.1 Å². The molecule has 0 bridgehead atoms. The van der Waals surface area contributed by atoms with Crippen LogP contribution in [0.3, 0.4) is 0 Å². The zero-order valence-electron chi connectivity index (χ0n) is 17.0. The molecule has 1 saturated heterocycles. The van der Waals surface area contributed by atoms with Crippen LogP contribution in [0.25, 0.3) is 0 Å². The lowest BCUT2D eigenvalue weighted by Crippen LogP contribution is -3.00. The largest absolute Gasteiger partial charge is 1.00 e. The minimum absolute atomic E-state index is 0. The van der Waals surface area contributed by atoms with Gasteiger partial charge in [0.15, 0.2) is 5.66 Å². The third kappa shape index (κ3) is 3.74. The summed E-state index contributed by atoms with van der Waals surface area (Å²) in [4.78, 5) is 15.9. The Morgan fingerprint density at radius 1 is 0.700 bits per heavy atom. The molecule has 2 nitrogen and oxygen atoms in total. The Balaban J connectivity index is 0.00000218. The zero-order valence-corrected chi connectivity index (χ0v) is 19.5. The summed E-state index contributed by atoms with van der Waals surface area (Å²) in [5, 5.41) is 3.93. The molecule has 0 N–H and O–H groups in total. The second kappa shape index (κ2) is 9.04. The highest BCUT2D eigenvalue weighted by molar-refractivity contribution is 7.96. The van der Waals surface area contributed by atoms with E-state index in [2.05, 4.69) is 95.9 Å². The van der Waals surface area contributed by atoms with E-state index >= 15 is 0 Å². The summed E-state index contributed by atoms with van der Waals surface area (Å²) in [7, 11) is -2.11. The molecule has 1 aliphatic carbocycles. The highest BCUT2D eigenvalue weighted by atomic mass is 79.9. The molecule has 1 heterocycles. The number of rotatable bonds is 6. The molecular weight excluding hydrogens is 453 g/mol. The quantitative estimate of drug-likeness (QED) is 0.483. The van der Waals surface area contributed by atoms with Crippen molar-refractivity contribution in [3.05, 3.63) is 91.0 Å². The molecule has 0 radical (unpaired) electrons. The fourth-order valence-corrected chi connectivity index (χ4v) is 9.75. The van der Waals surface area contributed by atoms with Crippen LogP contribution >= 0.6 is 7.26 Å². The SMILES string of the molecule is O=C1C([P+](c2ccccc2)(c2ccccc2)c2ccccc2)CCN1CC1CC1.[Br-]. The molecule has 2 aliphatic rings. The first-order valence-electron chi connectivity index (χ1n) is 10.6. The van der Waals surface area contributed by atoms with E-state index < -0.39 is 7.26 Å².